The van der Waals surface area contributed by atoms with Gasteiger partial charge in [0.15, 0.2) is 11.6 Å². The molecule has 1 saturated carbocycles. The molecule has 0 unspecified atom stereocenters. The van der Waals surface area contributed by atoms with Crippen molar-refractivity contribution in [2.75, 3.05) is 13.2 Å². The molecule has 0 spiro atoms. The first kappa shape index (κ1) is 23.3. The van der Waals surface area contributed by atoms with Crippen molar-refractivity contribution >= 4 is 22.7 Å². The number of hydrogen-bond acceptors (Lipinski definition) is 5. The lowest BCUT2D eigenvalue weighted by molar-refractivity contribution is -0.128. The predicted octanol–water partition coefficient (Wildman–Crippen LogP) is 3.27. The van der Waals surface area contributed by atoms with Gasteiger partial charge < -0.3 is 20.1 Å². The highest BCUT2D eigenvalue weighted by atomic mass is 19.3. The van der Waals surface area contributed by atoms with Crippen LogP contribution in [0.15, 0.2) is 24.4 Å². The van der Waals surface area contributed by atoms with Gasteiger partial charge in [0.2, 0.25) is 5.91 Å². The molecule has 32 heavy (non-hydrogen) atoms. The molecule has 2 aromatic rings. The average molecular weight is 453 g/mol. The fourth-order valence-corrected chi connectivity index (χ4v) is 3.48. The lowest BCUT2D eigenvalue weighted by Gasteiger charge is -2.29. The maximum Gasteiger partial charge on any atom is 0.387 e. The molecule has 0 bridgehead atoms. The fraction of sp³-hybridized carbons (Fsp3) is 0.409. The third-order valence-electron chi connectivity index (χ3n) is 5.06. The van der Waals surface area contributed by atoms with Gasteiger partial charge in [0, 0.05) is 26.5 Å². The van der Waals surface area contributed by atoms with Crippen molar-refractivity contribution in [2.45, 2.75) is 44.4 Å². The molecule has 7 nitrogen and oxygen atoms in total. The number of carbonyl (C=O) groups is 2. The Morgan fingerprint density at radius 2 is 2.00 bits per heavy atom. The van der Waals surface area contributed by atoms with E-state index in [1.807, 2.05) is 0 Å². The molecule has 1 aliphatic rings. The fourth-order valence-electron chi connectivity index (χ4n) is 3.48. The molecule has 0 aliphatic heterocycles. The van der Waals surface area contributed by atoms with Crippen LogP contribution in [0, 0.1) is 18.2 Å². The van der Waals surface area contributed by atoms with Crippen LogP contribution >= 0.6 is 0 Å². The quantitative estimate of drug-likeness (QED) is 0.599. The van der Waals surface area contributed by atoms with E-state index in [9.17, 15) is 22.8 Å². The lowest BCUT2D eigenvalue weighted by Crippen LogP contribution is -2.40. The SMILES string of the molecule is C#CCNC(=O)COC1CCC(NC(=O)c2cnc3cc(OC(F)F)c(F)cc3c2)CC1.[HH].[HH]. The minimum atomic E-state index is -3.15. The Hall–Kier alpha value is -3.32. The van der Waals surface area contributed by atoms with Gasteiger partial charge in [0.1, 0.15) is 6.61 Å². The molecule has 1 aromatic heterocycles. The first-order valence-electron chi connectivity index (χ1n) is 10.0. The van der Waals surface area contributed by atoms with E-state index in [0.717, 1.165) is 12.1 Å². The van der Waals surface area contributed by atoms with Crippen LogP contribution in [0.4, 0.5) is 13.2 Å². The van der Waals surface area contributed by atoms with Crippen LogP contribution in [-0.4, -0.2) is 48.7 Å². The van der Waals surface area contributed by atoms with E-state index in [1.54, 1.807) is 0 Å². The molecule has 1 heterocycles. The number of alkyl halides is 2. The van der Waals surface area contributed by atoms with Crippen molar-refractivity contribution in [3.05, 3.63) is 35.8 Å². The summed E-state index contributed by atoms with van der Waals surface area (Å²) in [5.41, 5.74) is 0.450. The number of amides is 2. The molecule has 0 saturated heterocycles. The summed E-state index contributed by atoms with van der Waals surface area (Å²) in [6.07, 6.45) is 9.01. The maximum atomic E-state index is 14.0. The van der Waals surface area contributed by atoms with Gasteiger partial charge in [-0.3, -0.25) is 14.6 Å². The second-order valence-corrected chi connectivity index (χ2v) is 7.32. The minimum Gasteiger partial charge on any atom is -0.432 e. The number of aromatic nitrogens is 1. The highest BCUT2D eigenvalue weighted by Gasteiger charge is 2.24. The average Bonchev–Trinajstić information content (AvgIpc) is 2.77. The summed E-state index contributed by atoms with van der Waals surface area (Å²) in [5, 5.41) is 5.73. The number of benzene rings is 1. The van der Waals surface area contributed by atoms with Gasteiger partial charge in [-0.2, -0.15) is 8.78 Å². The van der Waals surface area contributed by atoms with Crippen molar-refractivity contribution < 1.29 is 35.1 Å². The second kappa shape index (κ2) is 10.8. The van der Waals surface area contributed by atoms with Gasteiger partial charge in [-0.25, -0.2) is 4.39 Å². The number of carbonyl (C=O) groups excluding carboxylic acids is 2. The smallest absolute Gasteiger partial charge is 0.387 e. The molecule has 1 fully saturated rings. The number of halogens is 3. The zero-order valence-electron chi connectivity index (χ0n) is 17.1. The number of pyridine rings is 1. The van der Waals surface area contributed by atoms with Gasteiger partial charge in [0.05, 0.1) is 23.7 Å². The van der Waals surface area contributed by atoms with Gasteiger partial charge >= 0.3 is 6.61 Å². The van der Waals surface area contributed by atoms with Crippen molar-refractivity contribution in [1.29, 1.82) is 0 Å². The van der Waals surface area contributed by atoms with Gasteiger partial charge in [-0.15, -0.1) is 6.42 Å². The normalized spacial score (nSPS) is 18.2. The molecule has 1 aromatic carbocycles. The lowest BCUT2D eigenvalue weighted by atomic mass is 9.92. The Labute approximate surface area is 185 Å². The van der Waals surface area contributed by atoms with Gasteiger partial charge in [0.25, 0.3) is 5.91 Å². The number of fused-ring (bicyclic) bond motifs is 1. The molecular formula is C22H26F3N3O4. The highest BCUT2D eigenvalue weighted by Crippen LogP contribution is 2.26. The minimum absolute atomic E-state index is 0. The van der Waals surface area contributed by atoms with E-state index >= 15 is 0 Å². The van der Waals surface area contributed by atoms with Crippen molar-refractivity contribution in [3.8, 4) is 18.1 Å². The number of nitrogens with zero attached hydrogens (tertiary/aromatic N) is 1. The third kappa shape index (κ3) is 6.34. The number of terminal acetylenes is 1. The van der Waals surface area contributed by atoms with Gasteiger partial charge in [-0.1, -0.05) is 5.92 Å². The Morgan fingerprint density at radius 3 is 2.69 bits per heavy atom. The highest BCUT2D eigenvalue weighted by molar-refractivity contribution is 5.97. The van der Waals surface area contributed by atoms with Crippen LogP contribution in [0.1, 0.15) is 38.9 Å². The van der Waals surface area contributed by atoms with E-state index in [2.05, 4.69) is 26.3 Å². The largest absolute Gasteiger partial charge is 0.432 e. The molecule has 0 atom stereocenters. The van der Waals surface area contributed by atoms with Crippen molar-refractivity contribution in [3.63, 3.8) is 0 Å². The van der Waals surface area contributed by atoms with E-state index in [-0.39, 0.29) is 56.4 Å². The monoisotopic (exact) mass is 453 g/mol. The van der Waals surface area contributed by atoms with Crippen molar-refractivity contribution in [2.24, 2.45) is 0 Å². The van der Waals surface area contributed by atoms with E-state index in [4.69, 9.17) is 11.2 Å². The molecule has 174 valence electrons. The van der Waals surface area contributed by atoms with Crippen LogP contribution in [0.3, 0.4) is 0 Å². The zero-order valence-corrected chi connectivity index (χ0v) is 17.1. The summed E-state index contributed by atoms with van der Waals surface area (Å²) in [6.45, 7) is -3.06. The second-order valence-electron chi connectivity index (χ2n) is 7.32. The van der Waals surface area contributed by atoms with Crippen LogP contribution < -0.4 is 15.4 Å². The predicted molar refractivity (Wildman–Crippen MR) is 114 cm³/mol. The molecule has 2 amide bonds. The van der Waals surface area contributed by atoms with Gasteiger partial charge in [-0.05, 0) is 37.8 Å². The standard InChI is InChI=1S/C22H22F3N3O4.2H2/c1-2-7-26-20(29)12-31-16-5-3-15(4-6-16)28-21(30)14-8-13-9-17(23)19(32-22(24)25)10-18(13)27-11-14;;/h1,8-11,15-16,22H,3-7,12H2,(H,26,29)(H,28,30);2*1H. The molecular weight excluding hydrogens is 427 g/mol. The Balaban J connectivity index is 0.00000289. The summed E-state index contributed by atoms with van der Waals surface area (Å²) in [4.78, 5) is 28.2. The Morgan fingerprint density at radius 1 is 1.25 bits per heavy atom. The summed E-state index contributed by atoms with van der Waals surface area (Å²) in [6, 6.07) is 3.43. The van der Waals surface area contributed by atoms with Crippen LogP contribution in [-0.2, 0) is 9.53 Å². The van der Waals surface area contributed by atoms with Crippen LogP contribution in [0.5, 0.6) is 5.75 Å². The first-order chi connectivity index (χ1) is 15.4. The number of hydrogen-bond donors (Lipinski definition) is 2. The Kier molecular flexibility index (Phi) is 7.89. The number of nitrogens with one attached hydrogen (secondary N) is 2. The zero-order chi connectivity index (χ0) is 23.1. The maximum absolute atomic E-state index is 14.0. The molecule has 0 radical (unpaired) electrons. The first-order valence-corrected chi connectivity index (χ1v) is 10.0. The number of rotatable bonds is 8. The van der Waals surface area contributed by atoms with E-state index in [1.165, 1.54) is 12.3 Å². The third-order valence-corrected chi connectivity index (χ3v) is 5.06. The van der Waals surface area contributed by atoms with Crippen LogP contribution in [0.25, 0.3) is 10.9 Å². The Bertz CT molecular complexity index is 1030. The van der Waals surface area contributed by atoms with E-state index in [0.29, 0.717) is 25.7 Å². The molecule has 2 N–H and O–H groups in total. The summed E-state index contributed by atoms with van der Waals surface area (Å²) < 4.78 is 48.4. The summed E-state index contributed by atoms with van der Waals surface area (Å²) >= 11 is 0. The summed E-state index contributed by atoms with van der Waals surface area (Å²) in [5.74, 6) is 0.0948. The summed E-state index contributed by atoms with van der Waals surface area (Å²) in [7, 11) is 0. The molecule has 1 aliphatic carbocycles. The van der Waals surface area contributed by atoms with Crippen molar-refractivity contribution in [1.82, 2.24) is 15.6 Å². The molecule has 3 rings (SSSR count). The topological polar surface area (TPSA) is 89.6 Å². The van der Waals surface area contributed by atoms with E-state index < -0.39 is 18.2 Å². The molecule has 10 heteroatoms. The number of ether oxygens (including phenoxy) is 2. The van der Waals surface area contributed by atoms with Crippen LogP contribution in [0.2, 0.25) is 0 Å².